The van der Waals surface area contributed by atoms with Gasteiger partial charge < -0.3 is 9.64 Å². The van der Waals surface area contributed by atoms with Gasteiger partial charge >= 0.3 is 0 Å². The van der Waals surface area contributed by atoms with Gasteiger partial charge in [0.25, 0.3) is 0 Å². The Morgan fingerprint density at radius 3 is 1.30 bits per heavy atom. The fourth-order valence-electron chi connectivity index (χ4n) is 11.6. The van der Waals surface area contributed by atoms with Crippen molar-refractivity contribution in [1.29, 1.82) is 0 Å². The average molecular weight is 904 g/mol. The lowest BCUT2D eigenvalue weighted by atomic mass is 9.65. The first-order valence-electron chi connectivity index (χ1n) is 24.5. The Morgan fingerprint density at radius 2 is 0.690 bits per heavy atom. The predicted molar refractivity (Wildman–Crippen MR) is 295 cm³/mol. The summed E-state index contributed by atoms with van der Waals surface area (Å²) in [5.41, 5.74) is 19.4. The number of nitrogens with zero attached hydrogens (tertiary/aromatic N) is 1. The number of rotatable bonds is 7. The Kier molecular flexibility index (Phi) is 9.47. The Morgan fingerprint density at radius 1 is 0.254 bits per heavy atom. The van der Waals surface area contributed by atoms with E-state index < -0.39 is 5.41 Å². The first kappa shape index (κ1) is 40.8. The first-order chi connectivity index (χ1) is 35.2. The highest BCUT2D eigenvalue weighted by atomic mass is 16.5. The van der Waals surface area contributed by atoms with E-state index in [2.05, 4.69) is 278 Å². The van der Waals surface area contributed by atoms with E-state index in [1.54, 1.807) is 0 Å². The smallest absolute Gasteiger partial charge is 0.140 e. The van der Waals surface area contributed by atoms with Gasteiger partial charge in [-0.2, -0.15) is 0 Å². The quantitative estimate of drug-likeness (QED) is 0.158. The Labute approximate surface area is 414 Å². The standard InChI is InChI=1S/C69H45NO/c1-3-16-46(17-4-1)51-22-13-23-52(42-51)48-32-37-56(38-33-48)70(57-26-14-24-53(43-57)47-18-5-2-6-19-47)58-27-15-25-54(44-58)55-34-39-62-61-30-11-12-31-63(61)69(66(62)45-55)64-40-35-49-20-7-9-28-59(49)67(64)71-68-60-29-10-8-21-50(60)36-41-65(68)69/h1-45H. The molecule has 0 saturated carbocycles. The second kappa shape index (κ2) is 16.5. The van der Waals surface area contributed by atoms with Crippen molar-refractivity contribution in [2.45, 2.75) is 5.41 Å². The molecule has 0 bridgehead atoms. The predicted octanol–water partition coefficient (Wildman–Crippen LogP) is 18.6. The normalized spacial score (nSPS) is 12.7. The van der Waals surface area contributed by atoms with Crippen molar-refractivity contribution >= 4 is 38.6 Å². The Hall–Kier alpha value is -9.24. The molecule has 332 valence electrons. The van der Waals surface area contributed by atoms with Crippen LogP contribution >= 0.6 is 0 Å². The summed E-state index contributed by atoms with van der Waals surface area (Å²) in [6, 6.07) is 99.7. The largest absolute Gasteiger partial charge is 0.455 e. The van der Waals surface area contributed by atoms with Crippen molar-refractivity contribution in [3.63, 3.8) is 0 Å². The molecule has 71 heavy (non-hydrogen) atoms. The topological polar surface area (TPSA) is 12.5 Å². The van der Waals surface area contributed by atoms with Crippen LogP contribution in [0.1, 0.15) is 22.3 Å². The van der Waals surface area contributed by atoms with Crippen LogP contribution < -0.4 is 9.64 Å². The van der Waals surface area contributed by atoms with Crippen LogP contribution in [0.25, 0.3) is 77.2 Å². The summed E-state index contributed by atoms with van der Waals surface area (Å²) < 4.78 is 7.25. The highest BCUT2D eigenvalue weighted by molar-refractivity contribution is 6.00. The monoisotopic (exact) mass is 903 g/mol. The van der Waals surface area contributed by atoms with Crippen LogP contribution in [0.5, 0.6) is 11.5 Å². The fourth-order valence-corrected chi connectivity index (χ4v) is 11.6. The van der Waals surface area contributed by atoms with E-state index in [-0.39, 0.29) is 0 Å². The van der Waals surface area contributed by atoms with Crippen molar-refractivity contribution < 1.29 is 4.74 Å². The lowest BCUT2D eigenvalue weighted by Gasteiger charge is -2.40. The first-order valence-corrected chi connectivity index (χ1v) is 24.5. The van der Waals surface area contributed by atoms with Gasteiger partial charge in [0.05, 0.1) is 5.41 Å². The van der Waals surface area contributed by atoms with Gasteiger partial charge in [0.1, 0.15) is 11.5 Å². The molecule has 0 saturated heterocycles. The van der Waals surface area contributed by atoms with E-state index in [1.807, 2.05) is 0 Å². The zero-order valence-electron chi connectivity index (χ0n) is 38.8. The number of ether oxygens (including phenoxy) is 1. The van der Waals surface area contributed by atoms with Gasteiger partial charge in [0, 0.05) is 39.0 Å². The molecule has 0 radical (unpaired) electrons. The summed E-state index contributed by atoms with van der Waals surface area (Å²) in [5, 5.41) is 4.55. The fraction of sp³-hybridized carbons (Fsp3) is 0.0145. The summed E-state index contributed by atoms with van der Waals surface area (Å²) in [4.78, 5) is 2.39. The molecule has 0 amide bonds. The van der Waals surface area contributed by atoms with Gasteiger partial charge in [0.15, 0.2) is 0 Å². The van der Waals surface area contributed by atoms with Crippen LogP contribution in [-0.4, -0.2) is 0 Å². The minimum Gasteiger partial charge on any atom is -0.455 e. The van der Waals surface area contributed by atoms with Crippen LogP contribution in [-0.2, 0) is 5.41 Å². The molecule has 14 rings (SSSR count). The lowest BCUT2D eigenvalue weighted by Crippen LogP contribution is -2.32. The summed E-state index contributed by atoms with van der Waals surface area (Å²) in [7, 11) is 0. The van der Waals surface area contributed by atoms with Crippen molar-refractivity contribution in [3.05, 3.63) is 295 Å². The maximum Gasteiger partial charge on any atom is 0.140 e. The number of benzene rings is 12. The molecule has 1 heterocycles. The third-order valence-corrected chi connectivity index (χ3v) is 14.9. The van der Waals surface area contributed by atoms with Crippen LogP contribution in [0.3, 0.4) is 0 Å². The van der Waals surface area contributed by atoms with Crippen LogP contribution in [0, 0.1) is 0 Å². The van der Waals surface area contributed by atoms with Gasteiger partial charge in [-0.15, -0.1) is 0 Å². The molecule has 2 nitrogen and oxygen atoms in total. The van der Waals surface area contributed by atoms with E-state index in [0.717, 1.165) is 72.4 Å². The van der Waals surface area contributed by atoms with Crippen molar-refractivity contribution in [1.82, 2.24) is 0 Å². The summed E-state index contributed by atoms with van der Waals surface area (Å²) in [6.45, 7) is 0. The van der Waals surface area contributed by atoms with E-state index >= 15 is 0 Å². The molecular formula is C69H45NO. The molecular weight excluding hydrogens is 859 g/mol. The van der Waals surface area contributed by atoms with Crippen LogP contribution in [0.4, 0.5) is 17.1 Å². The minimum absolute atomic E-state index is 0.636. The molecule has 2 aliphatic rings. The van der Waals surface area contributed by atoms with Gasteiger partial charge in [-0.1, -0.05) is 224 Å². The van der Waals surface area contributed by atoms with Gasteiger partial charge in [0.2, 0.25) is 0 Å². The summed E-state index contributed by atoms with van der Waals surface area (Å²) in [6.07, 6.45) is 0. The molecule has 0 unspecified atom stereocenters. The maximum absolute atomic E-state index is 7.25. The van der Waals surface area contributed by atoms with Crippen molar-refractivity contribution in [3.8, 4) is 67.1 Å². The molecule has 0 fully saturated rings. The molecule has 1 aliphatic heterocycles. The molecule has 1 spiro atoms. The minimum atomic E-state index is -0.636. The Bertz CT molecular complexity index is 3940. The number of hydrogen-bond donors (Lipinski definition) is 0. The van der Waals surface area contributed by atoms with E-state index in [4.69, 9.17) is 4.74 Å². The van der Waals surface area contributed by atoms with E-state index in [9.17, 15) is 0 Å². The number of fused-ring (bicyclic) bond motifs is 13. The third kappa shape index (κ3) is 6.57. The molecule has 0 N–H and O–H groups in total. The van der Waals surface area contributed by atoms with Gasteiger partial charge in [-0.05, 0) is 126 Å². The average Bonchev–Trinajstić information content (AvgIpc) is 3.74. The highest BCUT2D eigenvalue weighted by Crippen LogP contribution is 2.64. The number of anilines is 3. The van der Waals surface area contributed by atoms with Gasteiger partial charge in [-0.3, -0.25) is 0 Å². The second-order valence-electron chi connectivity index (χ2n) is 18.8. The van der Waals surface area contributed by atoms with Crippen molar-refractivity contribution in [2.24, 2.45) is 0 Å². The third-order valence-electron chi connectivity index (χ3n) is 14.9. The van der Waals surface area contributed by atoms with E-state index in [0.29, 0.717) is 0 Å². The molecule has 12 aromatic rings. The SMILES string of the molecule is c1ccc(-c2cccc(-c3ccc(N(c4cccc(-c5ccccc5)c4)c4cccc(-c5ccc6c(c5)C5(c7ccccc7-6)c6ccc7ccccc7c6Oc6c5ccc5ccccc65)c4)cc3)c2)cc1. The molecule has 12 aromatic carbocycles. The molecule has 1 aliphatic carbocycles. The highest BCUT2D eigenvalue weighted by Gasteiger charge is 2.52. The van der Waals surface area contributed by atoms with Crippen LogP contribution in [0.2, 0.25) is 0 Å². The summed E-state index contributed by atoms with van der Waals surface area (Å²) >= 11 is 0. The lowest BCUT2D eigenvalue weighted by molar-refractivity contribution is 0.447. The zero-order chi connectivity index (χ0) is 46.9. The Balaban J connectivity index is 0.935. The zero-order valence-corrected chi connectivity index (χ0v) is 38.8. The molecule has 0 atom stereocenters. The number of hydrogen-bond acceptors (Lipinski definition) is 2. The molecule has 0 aromatic heterocycles. The van der Waals surface area contributed by atoms with E-state index in [1.165, 1.54) is 55.6 Å². The molecule has 2 heteroatoms. The van der Waals surface area contributed by atoms with Crippen LogP contribution in [0.15, 0.2) is 273 Å². The summed E-state index contributed by atoms with van der Waals surface area (Å²) in [5.74, 6) is 1.84. The second-order valence-corrected chi connectivity index (χ2v) is 18.8. The van der Waals surface area contributed by atoms with Crippen molar-refractivity contribution in [2.75, 3.05) is 4.90 Å². The maximum atomic E-state index is 7.25. The van der Waals surface area contributed by atoms with Gasteiger partial charge in [-0.25, -0.2) is 0 Å².